The van der Waals surface area contributed by atoms with Gasteiger partial charge in [0, 0.05) is 10.6 Å². The fraction of sp³-hybridized carbons (Fsp3) is 0.182. The first-order valence-corrected chi connectivity index (χ1v) is 5.88. The zero-order chi connectivity index (χ0) is 12.0. The Bertz CT molecular complexity index is 408. The van der Waals surface area contributed by atoms with E-state index in [9.17, 15) is 4.79 Å². The van der Waals surface area contributed by atoms with Crippen LogP contribution in [0.4, 0.5) is 5.69 Å². The van der Waals surface area contributed by atoms with Gasteiger partial charge in [0.1, 0.15) is 0 Å². The fourth-order valence-corrected chi connectivity index (χ4v) is 2.18. The molecule has 0 atom stereocenters. The number of terminal acetylenes is 1. The smallest absolute Gasteiger partial charge is 0.231 e. The van der Waals surface area contributed by atoms with Crippen molar-refractivity contribution in [2.24, 2.45) is 0 Å². The summed E-state index contributed by atoms with van der Waals surface area (Å²) in [6.07, 6.45) is 5.02. The molecule has 0 saturated carbocycles. The SMILES string of the molecule is C#CCNC(=O)CSc1c(N)cccc1Cl. The number of anilines is 1. The second-order valence-electron chi connectivity index (χ2n) is 2.93. The van der Waals surface area contributed by atoms with Crippen molar-refractivity contribution in [1.82, 2.24) is 5.32 Å². The van der Waals surface area contributed by atoms with Gasteiger partial charge in [0.2, 0.25) is 5.91 Å². The lowest BCUT2D eigenvalue weighted by Crippen LogP contribution is -2.25. The van der Waals surface area contributed by atoms with Gasteiger partial charge in [0.05, 0.1) is 17.3 Å². The number of carbonyl (C=O) groups is 1. The molecular formula is C11H11ClN2OS. The Labute approximate surface area is 104 Å². The minimum Gasteiger partial charge on any atom is -0.398 e. The topological polar surface area (TPSA) is 55.1 Å². The van der Waals surface area contributed by atoms with E-state index < -0.39 is 0 Å². The fourth-order valence-electron chi connectivity index (χ4n) is 1.02. The molecule has 1 aromatic rings. The minimum atomic E-state index is -0.137. The summed E-state index contributed by atoms with van der Waals surface area (Å²) in [5, 5.41) is 3.11. The van der Waals surface area contributed by atoms with Crippen molar-refractivity contribution < 1.29 is 4.79 Å². The minimum absolute atomic E-state index is 0.137. The number of rotatable bonds is 4. The van der Waals surface area contributed by atoms with Crippen LogP contribution in [0.1, 0.15) is 0 Å². The van der Waals surface area contributed by atoms with Gasteiger partial charge < -0.3 is 11.1 Å². The molecule has 0 radical (unpaired) electrons. The van der Waals surface area contributed by atoms with Crippen molar-refractivity contribution in [3.8, 4) is 12.3 Å². The molecule has 0 bridgehead atoms. The van der Waals surface area contributed by atoms with E-state index in [1.807, 2.05) is 0 Å². The van der Waals surface area contributed by atoms with Crippen LogP contribution >= 0.6 is 23.4 Å². The van der Waals surface area contributed by atoms with E-state index in [1.165, 1.54) is 11.8 Å². The van der Waals surface area contributed by atoms with Crippen LogP contribution in [0.25, 0.3) is 0 Å². The van der Waals surface area contributed by atoms with E-state index in [2.05, 4.69) is 11.2 Å². The molecule has 16 heavy (non-hydrogen) atoms. The summed E-state index contributed by atoms with van der Waals surface area (Å²) in [5.74, 6) is 2.44. The Morgan fingerprint density at radius 3 is 3.00 bits per heavy atom. The number of carbonyl (C=O) groups excluding carboxylic acids is 1. The van der Waals surface area contributed by atoms with E-state index in [-0.39, 0.29) is 18.2 Å². The van der Waals surface area contributed by atoms with Crippen LogP contribution in [0.15, 0.2) is 23.1 Å². The molecule has 84 valence electrons. The molecule has 0 aliphatic heterocycles. The maximum atomic E-state index is 11.3. The summed E-state index contributed by atoms with van der Waals surface area (Å²) in [6, 6.07) is 5.24. The molecule has 0 spiro atoms. The highest BCUT2D eigenvalue weighted by molar-refractivity contribution is 8.00. The molecule has 0 aliphatic rings. The third-order valence-electron chi connectivity index (χ3n) is 1.73. The lowest BCUT2D eigenvalue weighted by Gasteiger charge is -2.06. The molecule has 0 fully saturated rings. The summed E-state index contributed by atoms with van der Waals surface area (Å²) >= 11 is 7.25. The van der Waals surface area contributed by atoms with Crippen molar-refractivity contribution in [3.63, 3.8) is 0 Å². The Hall–Kier alpha value is -1.31. The highest BCUT2D eigenvalue weighted by Crippen LogP contribution is 2.32. The Morgan fingerprint density at radius 2 is 2.38 bits per heavy atom. The number of nitrogens with two attached hydrogens (primary N) is 1. The van der Waals surface area contributed by atoms with E-state index in [0.29, 0.717) is 10.7 Å². The number of hydrogen-bond acceptors (Lipinski definition) is 3. The van der Waals surface area contributed by atoms with Gasteiger partial charge >= 0.3 is 0 Å². The van der Waals surface area contributed by atoms with Gasteiger partial charge in [-0.3, -0.25) is 4.79 Å². The number of hydrogen-bond donors (Lipinski definition) is 2. The predicted octanol–water partition coefficient (Wildman–Crippen LogP) is 1.76. The van der Waals surface area contributed by atoms with Crippen LogP contribution < -0.4 is 11.1 Å². The number of thioether (sulfide) groups is 1. The van der Waals surface area contributed by atoms with Crippen LogP contribution in [-0.4, -0.2) is 18.2 Å². The molecule has 0 unspecified atom stereocenters. The lowest BCUT2D eigenvalue weighted by atomic mass is 10.3. The second kappa shape index (κ2) is 6.31. The predicted molar refractivity (Wildman–Crippen MR) is 68.4 cm³/mol. The maximum absolute atomic E-state index is 11.3. The summed E-state index contributed by atoms with van der Waals surface area (Å²) in [6.45, 7) is 0.234. The second-order valence-corrected chi connectivity index (χ2v) is 4.32. The zero-order valence-corrected chi connectivity index (χ0v) is 10.1. The lowest BCUT2D eigenvalue weighted by molar-refractivity contribution is -0.118. The molecule has 5 heteroatoms. The highest BCUT2D eigenvalue weighted by atomic mass is 35.5. The molecule has 0 heterocycles. The summed E-state index contributed by atoms with van der Waals surface area (Å²) in [5.41, 5.74) is 6.31. The largest absolute Gasteiger partial charge is 0.398 e. The van der Waals surface area contributed by atoms with E-state index in [1.54, 1.807) is 18.2 Å². The van der Waals surface area contributed by atoms with E-state index in [0.717, 1.165) is 4.90 Å². The van der Waals surface area contributed by atoms with Crippen molar-refractivity contribution in [2.75, 3.05) is 18.0 Å². The van der Waals surface area contributed by atoms with Gasteiger partial charge in [-0.05, 0) is 12.1 Å². The summed E-state index contributed by atoms with van der Waals surface area (Å²) in [7, 11) is 0. The molecule has 3 N–H and O–H groups in total. The van der Waals surface area contributed by atoms with Gasteiger partial charge in [0.15, 0.2) is 0 Å². The Kier molecular flexibility index (Phi) is 5.03. The first kappa shape index (κ1) is 12.8. The molecule has 1 amide bonds. The monoisotopic (exact) mass is 254 g/mol. The van der Waals surface area contributed by atoms with Crippen LogP contribution in [0.5, 0.6) is 0 Å². The first-order valence-electron chi connectivity index (χ1n) is 4.52. The van der Waals surface area contributed by atoms with E-state index >= 15 is 0 Å². The third-order valence-corrected chi connectivity index (χ3v) is 3.31. The molecule has 3 nitrogen and oxygen atoms in total. The Balaban J connectivity index is 2.55. The van der Waals surface area contributed by atoms with Crippen LogP contribution in [0.3, 0.4) is 0 Å². The summed E-state index contributed by atoms with van der Waals surface area (Å²) in [4.78, 5) is 12.0. The molecule has 1 aromatic carbocycles. The average molecular weight is 255 g/mol. The molecular weight excluding hydrogens is 244 g/mol. The van der Waals surface area contributed by atoms with Crippen LogP contribution in [0.2, 0.25) is 5.02 Å². The van der Waals surface area contributed by atoms with Gasteiger partial charge in [0.25, 0.3) is 0 Å². The number of amides is 1. The zero-order valence-electron chi connectivity index (χ0n) is 8.50. The number of benzene rings is 1. The first-order chi connectivity index (χ1) is 7.65. The molecule has 0 aliphatic carbocycles. The number of nitrogens with one attached hydrogen (secondary N) is 1. The van der Waals surface area contributed by atoms with Gasteiger partial charge in [-0.25, -0.2) is 0 Å². The van der Waals surface area contributed by atoms with Gasteiger partial charge in [-0.1, -0.05) is 23.6 Å². The third kappa shape index (κ3) is 3.69. The molecule has 0 saturated heterocycles. The van der Waals surface area contributed by atoms with E-state index in [4.69, 9.17) is 23.8 Å². The summed E-state index contributed by atoms with van der Waals surface area (Å²) < 4.78 is 0. The van der Waals surface area contributed by atoms with Crippen molar-refractivity contribution in [2.45, 2.75) is 4.90 Å². The van der Waals surface area contributed by atoms with Crippen molar-refractivity contribution in [3.05, 3.63) is 23.2 Å². The van der Waals surface area contributed by atoms with Crippen LogP contribution in [-0.2, 0) is 4.79 Å². The molecule has 0 aromatic heterocycles. The maximum Gasteiger partial charge on any atom is 0.231 e. The van der Waals surface area contributed by atoms with Crippen molar-refractivity contribution in [1.29, 1.82) is 0 Å². The number of nitrogen functional groups attached to an aromatic ring is 1. The highest BCUT2D eigenvalue weighted by Gasteiger charge is 2.07. The van der Waals surface area contributed by atoms with Gasteiger partial charge in [-0.15, -0.1) is 18.2 Å². The molecule has 1 rings (SSSR count). The van der Waals surface area contributed by atoms with Crippen LogP contribution in [0, 0.1) is 12.3 Å². The standard InChI is InChI=1S/C11H11ClN2OS/c1-2-6-14-10(15)7-16-11-8(12)4-3-5-9(11)13/h1,3-5H,6-7,13H2,(H,14,15). The van der Waals surface area contributed by atoms with Gasteiger partial charge in [-0.2, -0.15) is 0 Å². The normalized spacial score (nSPS) is 9.50. The average Bonchev–Trinajstić information content (AvgIpc) is 2.25. The number of halogens is 1. The quantitative estimate of drug-likeness (QED) is 0.489. The Morgan fingerprint density at radius 1 is 1.62 bits per heavy atom. The van der Waals surface area contributed by atoms with Crippen molar-refractivity contribution >= 4 is 35.0 Å².